The SMILES string of the molecule is [C-]#[N+]c1ccc(N[C@@H](C(=O)O)[C@H](C)O)c(C)c1C(F)(F)F. The normalized spacial score (nSPS) is 14.1. The lowest BCUT2D eigenvalue weighted by atomic mass is 10.0. The molecule has 2 atom stereocenters. The van der Waals surface area contributed by atoms with E-state index in [2.05, 4.69) is 10.2 Å². The Kier molecular flexibility index (Phi) is 4.80. The third-order valence-electron chi connectivity index (χ3n) is 2.91. The van der Waals surface area contributed by atoms with E-state index in [-0.39, 0.29) is 11.3 Å². The third kappa shape index (κ3) is 3.64. The number of carboxylic acid groups (broad SMARTS) is 1. The highest BCUT2D eigenvalue weighted by Gasteiger charge is 2.36. The number of nitrogens with zero attached hydrogens (tertiary/aromatic N) is 1. The van der Waals surface area contributed by atoms with E-state index >= 15 is 0 Å². The van der Waals surface area contributed by atoms with Crippen LogP contribution in [0.15, 0.2) is 12.1 Å². The summed E-state index contributed by atoms with van der Waals surface area (Å²) in [6, 6.07) is 0.700. The van der Waals surface area contributed by atoms with Gasteiger partial charge >= 0.3 is 12.1 Å². The number of alkyl halides is 3. The van der Waals surface area contributed by atoms with E-state index in [0.717, 1.165) is 13.0 Å². The number of nitrogens with one attached hydrogen (secondary N) is 1. The number of carboxylic acids is 1. The molecular formula is C13H13F3N2O3. The molecule has 0 spiro atoms. The summed E-state index contributed by atoms with van der Waals surface area (Å²) in [6.45, 7) is 9.13. The highest BCUT2D eigenvalue weighted by atomic mass is 19.4. The molecule has 3 N–H and O–H groups in total. The molecule has 5 nitrogen and oxygen atoms in total. The van der Waals surface area contributed by atoms with E-state index in [1.165, 1.54) is 13.0 Å². The summed E-state index contributed by atoms with van der Waals surface area (Å²) >= 11 is 0. The van der Waals surface area contributed by atoms with Gasteiger partial charge in [-0.05, 0) is 25.5 Å². The predicted molar refractivity (Wildman–Crippen MR) is 69.2 cm³/mol. The Morgan fingerprint density at radius 3 is 2.38 bits per heavy atom. The largest absolute Gasteiger partial charge is 0.480 e. The van der Waals surface area contributed by atoms with Crippen molar-refractivity contribution in [3.63, 3.8) is 0 Å². The number of rotatable bonds is 4. The minimum atomic E-state index is -4.73. The van der Waals surface area contributed by atoms with Crippen LogP contribution in [0.5, 0.6) is 0 Å². The molecule has 114 valence electrons. The number of hydrogen-bond donors (Lipinski definition) is 3. The van der Waals surface area contributed by atoms with Crippen LogP contribution in [0.4, 0.5) is 24.5 Å². The van der Waals surface area contributed by atoms with Crippen molar-refractivity contribution < 1.29 is 28.2 Å². The second kappa shape index (κ2) is 6.01. The summed E-state index contributed by atoms with van der Waals surface area (Å²) in [7, 11) is 0. The highest BCUT2D eigenvalue weighted by Crippen LogP contribution is 2.41. The molecule has 0 aromatic heterocycles. The standard InChI is InChI=1S/C13H13F3N2O3/c1-6-8(18-11(7(2)19)12(20)21)4-5-9(17-3)10(6)13(14,15)16/h4-5,7,11,18-19H,1-2H3,(H,20,21)/t7-,11+/m0/s1. The van der Waals surface area contributed by atoms with Crippen LogP contribution in [0, 0.1) is 13.5 Å². The van der Waals surface area contributed by atoms with Crippen molar-refractivity contribution in [1.82, 2.24) is 0 Å². The van der Waals surface area contributed by atoms with Crippen LogP contribution in [-0.2, 0) is 11.0 Å². The summed E-state index contributed by atoms with van der Waals surface area (Å²) in [4.78, 5) is 13.8. The van der Waals surface area contributed by atoms with E-state index in [0.29, 0.717) is 0 Å². The first kappa shape index (κ1) is 16.8. The maximum atomic E-state index is 13.0. The zero-order chi connectivity index (χ0) is 16.4. The fourth-order valence-corrected chi connectivity index (χ4v) is 1.86. The molecule has 0 saturated carbocycles. The van der Waals surface area contributed by atoms with Crippen LogP contribution in [0.1, 0.15) is 18.1 Å². The van der Waals surface area contributed by atoms with Gasteiger partial charge < -0.3 is 15.5 Å². The predicted octanol–water partition coefficient (Wildman–Crippen LogP) is 2.81. The van der Waals surface area contributed by atoms with Crippen LogP contribution < -0.4 is 5.32 Å². The van der Waals surface area contributed by atoms with Gasteiger partial charge in [0.05, 0.1) is 18.2 Å². The van der Waals surface area contributed by atoms with Crippen LogP contribution in [0.2, 0.25) is 0 Å². The lowest BCUT2D eigenvalue weighted by molar-refractivity contribution is -0.140. The van der Waals surface area contributed by atoms with E-state index in [1.807, 2.05) is 0 Å². The van der Waals surface area contributed by atoms with E-state index < -0.39 is 35.5 Å². The smallest absolute Gasteiger partial charge is 0.407 e. The minimum Gasteiger partial charge on any atom is -0.480 e. The number of aliphatic hydroxyl groups excluding tert-OH is 1. The lowest BCUT2D eigenvalue weighted by Gasteiger charge is -2.22. The number of aliphatic carboxylic acids is 1. The number of hydrogen-bond acceptors (Lipinski definition) is 3. The molecule has 8 heteroatoms. The molecule has 0 radical (unpaired) electrons. The molecule has 0 heterocycles. The van der Waals surface area contributed by atoms with Crippen LogP contribution in [-0.4, -0.2) is 28.3 Å². The monoisotopic (exact) mass is 302 g/mol. The number of anilines is 1. The average molecular weight is 302 g/mol. The van der Waals surface area contributed by atoms with Gasteiger partial charge in [0.15, 0.2) is 11.7 Å². The number of carbonyl (C=O) groups is 1. The van der Waals surface area contributed by atoms with E-state index in [1.54, 1.807) is 0 Å². The molecule has 0 amide bonds. The van der Waals surface area contributed by atoms with Gasteiger partial charge in [0, 0.05) is 5.69 Å². The molecule has 0 fully saturated rings. The summed E-state index contributed by atoms with van der Waals surface area (Å²) in [5, 5.41) is 20.6. The van der Waals surface area contributed by atoms with Crippen molar-refractivity contribution in [1.29, 1.82) is 0 Å². The molecule has 0 aliphatic rings. The van der Waals surface area contributed by atoms with Crippen LogP contribution in [0.3, 0.4) is 0 Å². The van der Waals surface area contributed by atoms with Gasteiger partial charge in [0.2, 0.25) is 0 Å². The van der Waals surface area contributed by atoms with Crippen molar-refractivity contribution >= 4 is 17.3 Å². The molecule has 1 aromatic rings. The molecule has 1 aromatic carbocycles. The first-order valence-corrected chi connectivity index (χ1v) is 5.85. The number of benzene rings is 1. The molecule has 0 aliphatic heterocycles. The molecular weight excluding hydrogens is 289 g/mol. The van der Waals surface area contributed by atoms with Crippen LogP contribution in [0.25, 0.3) is 4.85 Å². The second-order valence-corrected chi connectivity index (χ2v) is 4.44. The summed E-state index contributed by atoms with van der Waals surface area (Å²) in [5.74, 6) is -1.40. The Labute approximate surface area is 118 Å². The van der Waals surface area contributed by atoms with Crippen LogP contribution >= 0.6 is 0 Å². The van der Waals surface area contributed by atoms with Gasteiger partial charge in [-0.3, -0.25) is 0 Å². The molecule has 0 saturated heterocycles. The molecule has 0 bridgehead atoms. The number of aliphatic hydroxyl groups is 1. The Morgan fingerprint density at radius 1 is 1.43 bits per heavy atom. The maximum absolute atomic E-state index is 13.0. The Bertz CT molecular complexity index is 592. The maximum Gasteiger partial charge on any atom is 0.407 e. The molecule has 21 heavy (non-hydrogen) atoms. The zero-order valence-corrected chi connectivity index (χ0v) is 11.2. The van der Waals surface area contributed by atoms with E-state index in [9.17, 15) is 23.1 Å². The second-order valence-electron chi connectivity index (χ2n) is 4.44. The lowest BCUT2D eigenvalue weighted by Crippen LogP contribution is -2.39. The average Bonchev–Trinajstić information content (AvgIpc) is 2.34. The molecule has 0 aliphatic carbocycles. The quantitative estimate of drug-likeness (QED) is 0.748. The van der Waals surface area contributed by atoms with Gasteiger partial charge in [-0.1, -0.05) is 6.07 Å². The van der Waals surface area contributed by atoms with Gasteiger partial charge in [-0.25, -0.2) is 9.64 Å². The van der Waals surface area contributed by atoms with Crippen molar-refractivity contribution in [3.05, 3.63) is 34.7 Å². The van der Waals surface area contributed by atoms with Crippen molar-refractivity contribution in [2.24, 2.45) is 0 Å². The third-order valence-corrected chi connectivity index (χ3v) is 2.91. The molecule has 0 unspecified atom stereocenters. The number of halogens is 3. The van der Waals surface area contributed by atoms with Crippen molar-refractivity contribution in [2.45, 2.75) is 32.2 Å². The minimum absolute atomic E-state index is 0.0944. The highest BCUT2D eigenvalue weighted by molar-refractivity contribution is 5.79. The summed E-state index contributed by atoms with van der Waals surface area (Å²) in [5.41, 5.74) is -2.06. The zero-order valence-electron chi connectivity index (χ0n) is 11.2. The fourth-order valence-electron chi connectivity index (χ4n) is 1.86. The summed E-state index contributed by atoms with van der Waals surface area (Å²) in [6.07, 6.45) is -6.04. The first-order valence-electron chi connectivity index (χ1n) is 5.85. The topological polar surface area (TPSA) is 73.9 Å². The Balaban J connectivity index is 3.35. The van der Waals surface area contributed by atoms with Gasteiger partial charge in [-0.2, -0.15) is 13.2 Å². The van der Waals surface area contributed by atoms with Crippen molar-refractivity contribution in [3.8, 4) is 0 Å². The first-order chi connectivity index (χ1) is 9.59. The van der Waals surface area contributed by atoms with Crippen molar-refractivity contribution in [2.75, 3.05) is 5.32 Å². The fraction of sp³-hybridized carbons (Fsp3) is 0.385. The molecule has 1 rings (SSSR count). The van der Waals surface area contributed by atoms with E-state index in [4.69, 9.17) is 11.7 Å². The Hall–Kier alpha value is -2.27. The Morgan fingerprint density at radius 2 is 2.00 bits per heavy atom. The summed E-state index contributed by atoms with van der Waals surface area (Å²) < 4.78 is 39.0. The van der Waals surface area contributed by atoms with Gasteiger partial charge in [0.1, 0.15) is 0 Å². The van der Waals surface area contributed by atoms with Gasteiger partial charge in [0.25, 0.3) is 0 Å². The van der Waals surface area contributed by atoms with Gasteiger partial charge in [-0.15, -0.1) is 0 Å².